The number of hydrazone groups is 1. The summed E-state index contributed by atoms with van der Waals surface area (Å²) in [4.78, 5) is 44.9. The number of rotatable bonds is 8. The van der Waals surface area contributed by atoms with Gasteiger partial charge in [0, 0.05) is 5.56 Å². The fourth-order valence-electron chi connectivity index (χ4n) is 4.22. The number of amides is 3. The van der Waals surface area contributed by atoms with E-state index in [4.69, 9.17) is 14.2 Å². The third kappa shape index (κ3) is 4.79. The number of aromatic nitrogens is 1. The molecule has 4 aromatic rings. The van der Waals surface area contributed by atoms with Crippen molar-refractivity contribution < 1.29 is 28.6 Å². The molecule has 0 saturated heterocycles. The molecule has 11 heteroatoms. The summed E-state index contributed by atoms with van der Waals surface area (Å²) in [6, 6.07) is 15.6. The van der Waals surface area contributed by atoms with Crippen molar-refractivity contribution in [1.29, 1.82) is 0 Å². The molecule has 10 nitrogen and oxygen atoms in total. The number of fused-ring (bicyclic) bond motifs is 2. The van der Waals surface area contributed by atoms with Gasteiger partial charge in [-0.15, -0.1) is 0 Å². The summed E-state index contributed by atoms with van der Waals surface area (Å²) in [6.45, 7) is 1.46. The summed E-state index contributed by atoms with van der Waals surface area (Å²) in [5.41, 5.74) is 2.82. The van der Waals surface area contributed by atoms with Crippen molar-refractivity contribution in [1.82, 2.24) is 9.88 Å². The summed E-state index contributed by atoms with van der Waals surface area (Å²) < 4.78 is 17.1. The fraction of sp³-hybridized carbons (Fsp3) is 0.179. The van der Waals surface area contributed by atoms with Crippen LogP contribution >= 0.6 is 11.3 Å². The zero-order valence-corrected chi connectivity index (χ0v) is 22.4. The van der Waals surface area contributed by atoms with E-state index in [0.717, 1.165) is 20.2 Å². The van der Waals surface area contributed by atoms with Gasteiger partial charge in [-0.2, -0.15) is 10.1 Å². The summed E-state index contributed by atoms with van der Waals surface area (Å²) in [7, 11) is 4.50. The lowest BCUT2D eigenvalue weighted by molar-refractivity contribution is -0.118. The average molecular weight is 545 g/mol. The molecule has 2 heterocycles. The Morgan fingerprint density at radius 2 is 1.62 bits per heavy atom. The fourth-order valence-corrected chi connectivity index (χ4v) is 5.26. The quantitative estimate of drug-likeness (QED) is 0.185. The Labute approximate surface area is 228 Å². The van der Waals surface area contributed by atoms with Gasteiger partial charge in [-0.05, 0) is 48.9 Å². The lowest BCUT2D eigenvalue weighted by atomic mass is 10.1. The number of benzene rings is 3. The van der Waals surface area contributed by atoms with E-state index in [1.807, 2.05) is 25.1 Å². The number of carbonyl (C=O) groups excluding carboxylic acids is 3. The minimum Gasteiger partial charge on any atom is -0.493 e. The summed E-state index contributed by atoms with van der Waals surface area (Å²) in [5, 5.41) is 5.83. The number of methoxy groups -OCH3 is 3. The first-order chi connectivity index (χ1) is 18.8. The highest BCUT2D eigenvalue weighted by atomic mass is 32.1. The van der Waals surface area contributed by atoms with Gasteiger partial charge in [-0.25, -0.2) is 4.98 Å². The number of carbonyl (C=O) groups is 3. The lowest BCUT2D eigenvalue weighted by Crippen LogP contribution is -2.41. The lowest BCUT2D eigenvalue weighted by Gasteiger charge is -2.18. The van der Waals surface area contributed by atoms with Crippen LogP contribution in [-0.4, -0.2) is 61.7 Å². The van der Waals surface area contributed by atoms with Crippen LogP contribution in [0.1, 0.15) is 31.8 Å². The molecule has 1 aromatic heterocycles. The Hall–Kier alpha value is -4.77. The maximum atomic E-state index is 13.6. The van der Waals surface area contributed by atoms with Gasteiger partial charge in [-0.1, -0.05) is 29.5 Å². The SMILES string of the molecule is COc1cc(/C=N/N(C(=O)CN2C(=O)c3ccccc3C2=O)c2nc3ccc(C)cc3s2)cc(OC)c1OC. The van der Waals surface area contributed by atoms with Crippen LogP contribution in [0.15, 0.2) is 59.7 Å². The molecular weight excluding hydrogens is 520 g/mol. The number of thiazole rings is 1. The predicted octanol–water partition coefficient (Wildman–Crippen LogP) is 4.29. The molecule has 3 aromatic carbocycles. The van der Waals surface area contributed by atoms with Gasteiger partial charge >= 0.3 is 0 Å². The Morgan fingerprint density at radius 1 is 0.974 bits per heavy atom. The van der Waals surface area contributed by atoms with Gasteiger partial charge in [-0.3, -0.25) is 19.3 Å². The zero-order chi connectivity index (χ0) is 27.7. The molecule has 0 atom stereocenters. The van der Waals surface area contributed by atoms with Gasteiger partial charge in [0.2, 0.25) is 10.9 Å². The Morgan fingerprint density at radius 3 is 2.21 bits per heavy atom. The molecule has 1 aliphatic rings. The van der Waals surface area contributed by atoms with Crippen LogP contribution in [0.25, 0.3) is 10.2 Å². The molecule has 3 amide bonds. The third-order valence-electron chi connectivity index (χ3n) is 6.13. The summed E-state index contributed by atoms with van der Waals surface area (Å²) >= 11 is 1.27. The van der Waals surface area contributed by atoms with Crippen molar-refractivity contribution in [3.8, 4) is 17.2 Å². The van der Waals surface area contributed by atoms with E-state index in [0.29, 0.717) is 33.5 Å². The first-order valence-corrected chi connectivity index (χ1v) is 12.7. The van der Waals surface area contributed by atoms with Crippen LogP contribution in [-0.2, 0) is 4.79 Å². The minimum absolute atomic E-state index is 0.262. The van der Waals surface area contributed by atoms with E-state index in [9.17, 15) is 14.4 Å². The molecule has 0 spiro atoms. The summed E-state index contributed by atoms with van der Waals surface area (Å²) in [6.07, 6.45) is 1.45. The molecule has 198 valence electrons. The van der Waals surface area contributed by atoms with Crippen LogP contribution in [0.5, 0.6) is 17.2 Å². The molecule has 0 saturated carbocycles. The van der Waals surface area contributed by atoms with Crippen molar-refractivity contribution in [3.05, 3.63) is 76.9 Å². The molecule has 0 N–H and O–H groups in total. The van der Waals surface area contributed by atoms with E-state index >= 15 is 0 Å². The van der Waals surface area contributed by atoms with Gasteiger partial charge in [0.25, 0.3) is 17.7 Å². The van der Waals surface area contributed by atoms with E-state index in [2.05, 4.69) is 10.1 Å². The van der Waals surface area contributed by atoms with Gasteiger partial charge < -0.3 is 14.2 Å². The number of hydrogen-bond donors (Lipinski definition) is 0. The largest absolute Gasteiger partial charge is 0.493 e. The van der Waals surface area contributed by atoms with Gasteiger partial charge in [0.05, 0.1) is 48.9 Å². The van der Waals surface area contributed by atoms with Crippen molar-refractivity contribution in [2.24, 2.45) is 5.10 Å². The predicted molar refractivity (Wildman–Crippen MR) is 147 cm³/mol. The van der Waals surface area contributed by atoms with Crippen molar-refractivity contribution in [3.63, 3.8) is 0 Å². The number of aryl methyl sites for hydroxylation is 1. The van der Waals surface area contributed by atoms with E-state index < -0.39 is 24.3 Å². The third-order valence-corrected chi connectivity index (χ3v) is 7.12. The number of hydrogen-bond acceptors (Lipinski definition) is 9. The standard InChI is InChI=1S/C28H24N4O6S/c1-16-9-10-20-23(11-16)39-28(30-20)32(29-14-17-12-21(36-2)25(38-4)22(13-17)37-3)24(33)15-31-26(34)18-7-5-6-8-19(18)27(31)35/h5-14H,15H2,1-4H3/b29-14+. The zero-order valence-electron chi connectivity index (χ0n) is 21.6. The van der Waals surface area contributed by atoms with Crippen molar-refractivity contribution >= 4 is 50.6 Å². The highest BCUT2D eigenvalue weighted by molar-refractivity contribution is 7.22. The number of nitrogens with zero attached hydrogens (tertiary/aromatic N) is 4. The second-order valence-corrected chi connectivity index (χ2v) is 9.63. The number of imide groups is 1. The molecule has 0 radical (unpaired) electrons. The first-order valence-electron chi connectivity index (χ1n) is 11.8. The smallest absolute Gasteiger partial charge is 0.269 e. The second kappa shape index (κ2) is 10.5. The van der Waals surface area contributed by atoms with Crippen LogP contribution in [0.4, 0.5) is 5.13 Å². The minimum atomic E-state index is -0.607. The monoisotopic (exact) mass is 544 g/mol. The molecule has 0 bridgehead atoms. The van der Waals surface area contributed by atoms with Gasteiger partial charge in [0.1, 0.15) is 6.54 Å². The number of ether oxygens (including phenoxy) is 3. The van der Waals surface area contributed by atoms with E-state index in [1.165, 1.54) is 38.9 Å². The Bertz CT molecular complexity index is 1590. The number of anilines is 1. The molecule has 0 unspecified atom stereocenters. The van der Waals surface area contributed by atoms with Crippen LogP contribution in [0, 0.1) is 6.92 Å². The molecule has 0 aliphatic carbocycles. The molecule has 0 fully saturated rings. The van der Waals surface area contributed by atoms with Crippen LogP contribution < -0.4 is 19.2 Å². The Balaban J connectivity index is 1.52. The van der Waals surface area contributed by atoms with E-state index in [-0.39, 0.29) is 11.1 Å². The van der Waals surface area contributed by atoms with E-state index in [1.54, 1.807) is 36.4 Å². The molecule has 5 rings (SSSR count). The second-order valence-electron chi connectivity index (χ2n) is 8.62. The van der Waals surface area contributed by atoms with Gasteiger partial charge in [0.15, 0.2) is 11.5 Å². The normalized spacial score (nSPS) is 12.8. The topological polar surface area (TPSA) is 111 Å². The summed E-state index contributed by atoms with van der Waals surface area (Å²) in [5.74, 6) is -0.425. The molecule has 1 aliphatic heterocycles. The average Bonchev–Trinajstić information content (AvgIpc) is 3.46. The van der Waals surface area contributed by atoms with Crippen LogP contribution in [0.3, 0.4) is 0 Å². The maximum absolute atomic E-state index is 13.6. The highest BCUT2D eigenvalue weighted by Crippen LogP contribution is 2.38. The first kappa shape index (κ1) is 25.9. The van der Waals surface area contributed by atoms with Crippen molar-refractivity contribution in [2.75, 3.05) is 32.9 Å². The van der Waals surface area contributed by atoms with Crippen LogP contribution in [0.2, 0.25) is 0 Å². The molecule has 39 heavy (non-hydrogen) atoms. The maximum Gasteiger partial charge on any atom is 0.269 e. The van der Waals surface area contributed by atoms with Crippen molar-refractivity contribution in [2.45, 2.75) is 6.92 Å². The Kier molecular flexibility index (Phi) is 6.99. The molecular formula is C28H24N4O6S. The highest BCUT2D eigenvalue weighted by Gasteiger charge is 2.37.